The maximum absolute atomic E-state index is 14.0. The van der Waals surface area contributed by atoms with E-state index in [9.17, 15) is 9.18 Å². The van der Waals surface area contributed by atoms with Crippen LogP contribution in [0.5, 0.6) is 5.75 Å². The summed E-state index contributed by atoms with van der Waals surface area (Å²) in [6, 6.07) is 8.99. The van der Waals surface area contributed by atoms with E-state index in [1.807, 2.05) is 26.0 Å². The fraction of sp³-hybridized carbons (Fsp3) is 0.294. The zero-order chi connectivity index (χ0) is 16.8. The molecule has 1 heterocycles. The smallest absolute Gasteiger partial charge is 0.319 e. The number of hydrogen-bond donors (Lipinski definition) is 2. The second kappa shape index (κ2) is 7.58. The monoisotopic (exact) mass is 317 g/mol. The van der Waals surface area contributed by atoms with Crippen molar-refractivity contribution in [1.29, 1.82) is 0 Å². The molecule has 122 valence electrons. The lowest BCUT2D eigenvalue weighted by atomic mass is 10.2. The third-order valence-electron chi connectivity index (χ3n) is 3.04. The van der Waals surface area contributed by atoms with Crippen LogP contribution in [0.15, 0.2) is 42.6 Å². The number of benzene rings is 1. The molecule has 1 aromatic carbocycles. The highest BCUT2D eigenvalue weighted by molar-refractivity contribution is 5.89. The maximum Gasteiger partial charge on any atom is 0.319 e. The molecule has 2 rings (SSSR count). The van der Waals surface area contributed by atoms with Crippen LogP contribution in [-0.4, -0.2) is 17.1 Å². The first-order valence-corrected chi connectivity index (χ1v) is 7.40. The van der Waals surface area contributed by atoms with Gasteiger partial charge in [0.15, 0.2) is 0 Å². The topological polar surface area (TPSA) is 63.2 Å². The van der Waals surface area contributed by atoms with Crippen LogP contribution in [0.25, 0.3) is 0 Å². The van der Waals surface area contributed by atoms with Crippen molar-refractivity contribution in [2.24, 2.45) is 0 Å². The third kappa shape index (κ3) is 4.95. The van der Waals surface area contributed by atoms with Crippen LogP contribution in [0.1, 0.15) is 32.5 Å². The molecule has 5 nitrogen and oxygen atoms in total. The summed E-state index contributed by atoms with van der Waals surface area (Å²) < 4.78 is 19.4. The largest absolute Gasteiger partial charge is 0.491 e. The highest BCUT2D eigenvalue weighted by Crippen LogP contribution is 2.21. The van der Waals surface area contributed by atoms with Crippen LogP contribution < -0.4 is 15.4 Å². The summed E-state index contributed by atoms with van der Waals surface area (Å²) in [7, 11) is 0. The summed E-state index contributed by atoms with van der Waals surface area (Å²) in [6.07, 6.45) is 1.61. The van der Waals surface area contributed by atoms with Gasteiger partial charge in [-0.05, 0) is 45.0 Å². The number of anilines is 1. The first kappa shape index (κ1) is 16.7. The van der Waals surface area contributed by atoms with Crippen molar-refractivity contribution < 1.29 is 13.9 Å². The zero-order valence-electron chi connectivity index (χ0n) is 13.3. The van der Waals surface area contributed by atoms with Crippen LogP contribution in [0.3, 0.4) is 0 Å². The summed E-state index contributed by atoms with van der Waals surface area (Å²) >= 11 is 0. The summed E-state index contributed by atoms with van der Waals surface area (Å²) in [6.45, 7) is 5.52. The van der Waals surface area contributed by atoms with E-state index in [2.05, 4.69) is 15.6 Å². The minimum atomic E-state index is -0.552. The maximum atomic E-state index is 14.0. The lowest BCUT2D eigenvalue weighted by Gasteiger charge is -2.15. The van der Waals surface area contributed by atoms with E-state index in [0.717, 1.165) is 5.69 Å². The van der Waals surface area contributed by atoms with Gasteiger partial charge in [-0.25, -0.2) is 9.18 Å². The van der Waals surface area contributed by atoms with Gasteiger partial charge in [0.2, 0.25) is 0 Å². The SMILES string of the molecule is CC(C)Oc1ccc(NC(=O)NC(C)c2ccccn2)c(F)c1. The molecule has 0 aliphatic heterocycles. The number of halogens is 1. The fourth-order valence-electron chi connectivity index (χ4n) is 2.00. The van der Waals surface area contributed by atoms with E-state index in [1.54, 1.807) is 25.3 Å². The lowest BCUT2D eigenvalue weighted by Crippen LogP contribution is -2.31. The van der Waals surface area contributed by atoms with Gasteiger partial charge in [-0.15, -0.1) is 0 Å². The molecule has 2 aromatic rings. The molecule has 2 amide bonds. The average molecular weight is 317 g/mol. The van der Waals surface area contributed by atoms with Crippen LogP contribution in [0.2, 0.25) is 0 Å². The Hall–Kier alpha value is -2.63. The number of hydrogen-bond acceptors (Lipinski definition) is 3. The first-order valence-electron chi connectivity index (χ1n) is 7.40. The first-order chi connectivity index (χ1) is 11.0. The Kier molecular flexibility index (Phi) is 5.51. The van der Waals surface area contributed by atoms with E-state index in [0.29, 0.717) is 5.75 Å². The quantitative estimate of drug-likeness (QED) is 0.879. The Morgan fingerprint density at radius 2 is 2.00 bits per heavy atom. The van der Waals surface area contributed by atoms with Gasteiger partial charge in [0, 0.05) is 12.3 Å². The number of ether oxygens (including phenoxy) is 1. The van der Waals surface area contributed by atoms with E-state index >= 15 is 0 Å². The molecule has 1 unspecified atom stereocenters. The molecule has 0 spiro atoms. The van der Waals surface area contributed by atoms with Crippen molar-refractivity contribution in [1.82, 2.24) is 10.3 Å². The predicted molar refractivity (Wildman–Crippen MR) is 87.0 cm³/mol. The molecular formula is C17H20FN3O2. The van der Waals surface area contributed by atoms with Crippen molar-refractivity contribution in [2.45, 2.75) is 32.9 Å². The van der Waals surface area contributed by atoms with Gasteiger partial charge in [0.1, 0.15) is 11.6 Å². The zero-order valence-corrected chi connectivity index (χ0v) is 13.3. The van der Waals surface area contributed by atoms with Crippen molar-refractivity contribution in [3.63, 3.8) is 0 Å². The number of nitrogens with zero attached hydrogens (tertiary/aromatic N) is 1. The molecule has 0 bridgehead atoms. The average Bonchev–Trinajstić information content (AvgIpc) is 2.50. The van der Waals surface area contributed by atoms with Gasteiger partial charge in [0.05, 0.1) is 23.5 Å². The number of carbonyl (C=O) groups is 1. The Balaban J connectivity index is 1.97. The van der Waals surface area contributed by atoms with Gasteiger partial charge in [0.25, 0.3) is 0 Å². The fourth-order valence-corrected chi connectivity index (χ4v) is 2.00. The number of carbonyl (C=O) groups excluding carboxylic acids is 1. The molecule has 1 aromatic heterocycles. The van der Waals surface area contributed by atoms with Crippen molar-refractivity contribution in [3.8, 4) is 5.75 Å². The van der Waals surface area contributed by atoms with Crippen molar-refractivity contribution >= 4 is 11.7 Å². The minimum absolute atomic E-state index is 0.0456. The van der Waals surface area contributed by atoms with Crippen LogP contribution >= 0.6 is 0 Å². The van der Waals surface area contributed by atoms with Crippen LogP contribution in [0.4, 0.5) is 14.9 Å². The van der Waals surface area contributed by atoms with E-state index in [-0.39, 0.29) is 17.8 Å². The second-order valence-corrected chi connectivity index (χ2v) is 5.38. The standard InChI is InChI=1S/C17H20FN3O2/c1-11(2)23-13-7-8-16(14(18)10-13)21-17(22)20-12(3)15-6-4-5-9-19-15/h4-12H,1-3H3,(H2,20,21,22). The second-order valence-electron chi connectivity index (χ2n) is 5.38. The summed E-state index contributed by atoms with van der Waals surface area (Å²) in [4.78, 5) is 16.1. The summed E-state index contributed by atoms with van der Waals surface area (Å²) in [5.41, 5.74) is 0.815. The molecule has 0 saturated heterocycles. The van der Waals surface area contributed by atoms with E-state index in [1.165, 1.54) is 12.1 Å². The lowest BCUT2D eigenvalue weighted by molar-refractivity contribution is 0.241. The number of pyridine rings is 1. The van der Waals surface area contributed by atoms with Gasteiger partial charge in [-0.3, -0.25) is 4.98 Å². The van der Waals surface area contributed by atoms with Gasteiger partial charge in [-0.1, -0.05) is 6.07 Å². The van der Waals surface area contributed by atoms with Gasteiger partial charge in [-0.2, -0.15) is 0 Å². The Morgan fingerprint density at radius 3 is 2.61 bits per heavy atom. The molecule has 0 fully saturated rings. The molecular weight excluding hydrogens is 297 g/mol. The predicted octanol–water partition coefficient (Wildman–Crippen LogP) is 3.89. The number of nitrogens with one attached hydrogen (secondary N) is 2. The Morgan fingerprint density at radius 1 is 1.22 bits per heavy atom. The van der Waals surface area contributed by atoms with Crippen LogP contribution in [-0.2, 0) is 0 Å². The highest BCUT2D eigenvalue weighted by atomic mass is 19.1. The summed E-state index contributed by atoms with van der Waals surface area (Å²) in [5.74, 6) is -0.130. The number of amides is 2. The number of rotatable bonds is 5. The Bertz CT molecular complexity index is 662. The molecule has 23 heavy (non-hydrogen) atoms. The van der Waals surface area contributed by atoms with Crippen molar-refractivity contribution in [3.05, 3.63) is 54.1 Å². The van der Waals surface area contributed by atoms with Gasteiger partial charge < -0.3 is 15.4 Å². The molecule has 0 saturated carbocycles. The number of aromatic nitrogens is 1. The molecule has 1 atom stereocenters. The summed E-state index contributed by atoms with van der Waals surface area (Å²) in [5, 5.41) is 5.19. The minimum Gasteiger partial charge on any atom is -0.491 e. The molecule has 2 N–H and O–H groups in total. The highest BCUT2D eigenvalue weighted by Gasteiger charge is 2.13. The molecule has 0 radical (unpaired) electrons. The normalized spacial score (nSPS) is 11.9. The molecule has 0 aliphatic carbocycles. The van der Waals surface area contributed by atoms with Gasteiger partial charge >= 0.3 is 6.03 Å². The van der Waals surface area contributed by atoms with Crippen LogP contribution in [0, 0.1) is 5.82 Å². The van der Waals surface area contributed by atoms with E-state index < -0.39 is 11.8 Å². The Labute approximate surface area is 134 Å². The number of urea groups is 1. The molecule has 0 aliphatic rings. The van der Waals surface area contributed by atoms with E-state index in [4.69, 9.17) is 4.74 Å². The van der Waals surface area contributed by atoms with Crippen molar-refractivity contribution in [2.75, 3.05) is 5.32 Å². The third-order valence-corrected chi connectivity index (χ3v) is 3.04. The molecule has 6 heteroatoms.